The van der Waals surface area contributed by atoms with E-state index < -0.39 is 10.0 Å². The Morgan fingerprint density at radius 3 is 2.52 bits per heavy atom. The summed E-state index contributed by atoms with van der Waals surface area (Å²) < 4.78 is 26.9. The van der Waals surface area contributed by atoms with Crippen LogP contribution in [0.15, 0.2) is 53.4 Å². The molecule has 0 aliphatic carbocycles. The Hall–Kier alpha value is -2.32. The van der Waals surface area contributed by atoms with Crippen molar-refractivity contribution in [1.29, 1.82) is 5.26 Å². The lowest BCUT2D eigenvalue weighted by atomic mass is 10.2. The Morgan fingerprint density at radius 2 is 1.81 bits per heavy atom. The molecule has 1 aliphatic rings. The minimum absolute atomic E-state index is 0.265. The third kappa shape index (κ3) is 2.39. The van der Waals surface area contributed by atoms with Crippen LogP contribution >= 0.6 is 0 Å². The van der Waals surface area contributed by atoms with Gasteiger partial charge in [0.05, 0.1) is 23.1 Å². The van der Waals surface area contributed by atoms with Crippen LogP contribution in [0, 0.1) is 11.3 Å². The van der Waals surface area contributed by atoms with E-state index in [9.17, 15) is 8.42 Å². The zero-order valence-electron chi connectivity index (χ0n) is 11.4. The van der Waals surface area contributed by atoms with E-state index in [-0.39, 0.29) is 11.3 Å². The summed E-state index contributed by atoms with van der Waals surface area (Å²) in [5, 5.41) is 8.65. The van der Waals surface area contributed by atoms with E-state index in [1.807, 2.05) is 24.3 Å². The fourth-order valence-corrected chi connectivity index (χ4v) is 4.06. The molecule has 0 atom stereocenters. The molecule has 0 saturated heterocycles. The van der Waals surface area contributed by atoms with E-state index in [0.29, 0.717) is 6.54 Å². The molecule has 0 spiro atoms. The number of nitrogens with zero attached hydrogens (tertiary/aromatic N) is 2. The van der Waals surface area contributed by atoms with Crippen molar-refractivity contribution in [2.45, 2.75) is 17.7 Å². The van der Waals surface area contributed by atoms with E-state index >= 15 is 0 Å². The van der Waals surface area contributed by atoms with Crippen molar-refractivity contribution < 1.29 is 8.42 Å². The van der Waals surface area contributed by atoms with E-state index in [2.05, 4.69) is 6.07 Å². The molecule has 0 bridgehead atoms. The number of benzene rings is 2. The van der Waals surface area contributed by atoms with E-state index in [1.54, 1.807) is 24.3 Å². The first-order valence-electron chi connectivity index (χ1n) is 6.69. The maximum Gasteiger partial charge on any atom is 0.264 e. The highest BCUT2D eigenvalue weighted by Crippen LogP contribution is 2.32. The lowest BCUT2D eigenvalue weighted by molar-refractivity contribution is 0.592. The highest BCUT2D eigenvalue weighted by Gasteiger charge is 2.30. The number of sulfonamides is 1. The summed E-state index contributed by atoms with van der Waals surface area (Å²) in [6, 6.07) is 16.1. The van der Waals surface area contributed by atoms with E-state index in [4.69, 9.17) is 5.26 Å². The molecule has 0 amide bonds. The standard InChI is InChI=1S/C16H14N2O2S/c17-11-9-13-5-7-15(8-6-13)21(19,20)18-12-10-14-3-1-2-4-16(14)18/h1-8H,9-10,12H2. The van der Waals surface area contributed by atoms with Crippen LogP contribution in [0.3, 0.4) is 0 Å². The quantitative estimate of drug-likeness (QED) is 0.874. The van der Waals surface area contributed by atoms with Crippen LogP contribution in [0.25, 0.3) is 0 Å². The molecule has 0 aromatic heterocycles. The zero-order valence-corrected chi connectivity index (χ0v) is 12.2. The van der Waals surface area contributed by atoms with Crippen molar-refractivity contribution in [1.82, 2.24) is 0 Å². The number of para-hydroxylation sites is 1. The smallest absolute Gasteiger partial charge is 0.264 e. The highest BCUT2D eigenvalue weighted by atomic mass is 32.2. The zero-order chi connectivity index (χ0) is 14.9. The maximum absolute atomic E-state index is 12.7. The van der Waals surface area contributed by atoms with Gasteiger partial charge in [0.25, 0.3) is 10.0 Å². The molecule has 21 heavy (non-hydrogen) atoms. The van der Waals surface area contributed by atoms with Gasteiger partial charge < -0.3 is 0 Å². The Kier molecular flexibility index (Phi) is 3.40. The molecule has 106 valence electrons. The molecule has 0 saturated carbocycles. The molecule has 1 aliphatic heterocycles. The number of hydrogen-bond donors (Lipinski definition) is 0. The molecule has 0 unspecified atom stereocenters. The van der Waals surface area contributed by atoms with Crippen molar-refractivity contribution in [2.75, 3.05) is 10.8 Å². The fourth-order valence-electron chi connectivity index (χ4n) is 2.56. The van der Waals surface area contributed by atoms with Crippen molar-refractivity contribution in [3.63, 3.8) is 0 Å². The Labute approximate surface area is 124 Å². The number of fused-ring (bicyclic) bond motifs is 1. The summed E-state index contributed by atoms with van der Waals surface area (Å²) in [5.41, 5.74) is 2.64. The van der Waals surface area contributed by atoms with Crippen molar-refractivity contribution in [3.05, 3.63) is 59.7 Å². The van der Waals surface area contributed by atoms with Crippen LogP contribution in [-0.2, 0) is 22.9 Å². The van der Waals surface area contributed by atoms with Crippen molar-refractivity contribution in [2.24, 2.45) is 0 Å². The van der Waals surface area contributed by atoms with Crippen LogP contribution in [0.4, 0.5) is 5.69 Å². The van der Waals surface area contributed by atoms with Crippen LogP contribution in [-0.4, -0.2) is 15.0 Å². The number of hydrogen-bond acceptors (Lipinski definition) is 3. The average Bonchev–Trinajstić information content (AvgIpc) is 2.93. The van der Waals surface area contributed by atoms with Crippen LogP contribution < -0.4 is 4.31 Å². The molecule has 4 nitrogen and oxygen atoms in total. The SMILES string of the molecule is N#CCc1ccc(S(=O)(=O)N2CCc3ccccc32)cc1. The molecule has 0 radical (unpaired) electrons. The average molecular weight is 298 g/mol. The van der Waals surface area contributed by atoms with Gasteiger partial charge in [0.15, 0.2) is 0 Å². The molecular weight excluding hydrogens is 284 g/mol. The Balaban J connectivity index is 1.97. The van der Waals surface area contributed by atoms with Crippen LogP contribution in [0.5, 0.6) is 0 Å². The number of nitriles is 1. The molecule has 1 heterocycles. The lowest BCUT2D eigenvalue weighted by Crippen LogP contribution is -2.29. The highest BCUT2D eigenvalue weighted by molar-refractivity contribution is 7.92. The first kappa shape index (κ1) is 13.7. The van der Waals surface area contributed by atoms with Gasteiger partial charge in [-0.3, -0.25) is 4.31 Å². The van der Waals surface area contributed by atoms with Gasteiger partial charge in [0, 0.05) is 6.54 Å². The molecule has 0 N–H and O–H groups in total. The second-order valence-electron chi connectivity index (χ2n) is 4.93. The predicted molar refractivity (Wildman–Crippen MR) is 80.4 cm³/mol. The summed E-state index contributed by atoms with van der Waals surface area (Å²) in [7, 11) is -3.53. The molecular formula is C16H14N2O2S. The first-order valence-corrected chi connectivity index (χ1v) is 8.13. The third-order valence-corrected chi connectivity index (χ3v) is 5.47. The van der Waals surface area contributed by atoms with Crippen LogP contribution in [0.2, 0.25) is 0 Å². The molecule has 5 heteroatoms. The summed E-state index contributed by atoms with van der Waals surface area (Å²) in [6.45, 7) is 0.474. The summed E-state index contributed by atoms with van der Waals surface area (Å²) in [6.07, 6.45) is 1.02. The number of anilines is 1. The minimum Gasteiger partial charge on any atom is -0.266 e. The van der Waals surface area contributed by atoms with Gasteiger partial charge in [-0.15, -0.1) is 0 Å². The van der Waals surface area contributed by atoms with E-state index in [0.717, 1.165) is 23.2 Å². The summed E-state index contributed by atoms with van der Waals surface area (Å²) >= 11 is 0. The topological polar surface area (TPSA) is 61.2 Å². The van der Waals surface area contributed by atoms with Gasteiger partial charge in [-0.2, -0.15) is 5.26 Å². The van der Waals surface area contributed by atoms with Gasteiger partial charge >= 0.3 is 0 Å². The largest absolute Gasteiger partial charge is 0.266 e. The Bertz CT molecular complexity index is 805. The second-order valence-corrected chi connectivity index (χ2v) is 6.80. The predicted octanol–water partition coefficient (Wildman–Crippen LogP) is 2.50. The van der Waals surface area contributed by atoms with Gasteiger partial charge in [0.1, 0.15) is 0 Å². The van der Waals surface area contributed by atoms with Gasteiger partial charge in [-0.25, -0.2) is 8.42 Å². The minimum atomic E-state index is -3.53. The lowest BCUT2D eigenvalue weighted by Gasteiger charge is -2.19. The molecule has 2 aromatic carbocycles. The Morgan fingerprint density at radius 1 is 1.10 bits per heavy atom. The van der Waals surface area contributed by atoms with Gasteiger partial charge in [-0.05, 0) is 35.7 Å². The van der Waals surface area contributed by atoms with Gasteiger partial charge in [0.2, 0.25) is 0 Å². The monoisotopic (exact) mass is 298 g/mol. The van der Waals surface area contributed by atoms with Gasteiger partial charge in [-0.1, -0.05) is 30.3 Å². The maximum atomic E-state index is 12.7. The molecule has 0 fully saturated rings. The van der Waals surface area contributed by atoms with Crippen molar-refractivity contribution >= 4 is 15.7 Å². The van der Waals surface area contributed by atoms with Crippen molar-refractivity contribution in [3.8, 4) is 6.07 Å². The third-order valence-electron chi connectivity index (χ3n) is 3.64. The van der Waals surface area contributed by atoms with Crippen LogP contribution in [0.1, 0.15) is 11.1 Å². The normalized spacial score (nSPS) is 13.8. The fraction of sp³-hybridized carbons (Fsp3) is 0.188. The first-order chi connectivity index (χ1) is 10.1. The second kappa shape index (κ2) is 5.23. The summed E-state index contributed by atoms with van der Waals surface area (Å²) in [4.78, 5) is 0.265. The number of rotatable bonds is 3. The van der Waals surface area contributed by atoms with E-state index in [1.165, 1.54) is 4.31 Å². The molecule has 3 rings (SSSR count). The summed E-state index contributed by atoms with van der Waals surface area (Å²) in [5.74, 6) is 0. The molecule has 2 aromatic rings.